The number of ether oxygens (including phenoxy) is 1. The van der Waals surface area contributed by atoms with E-state index in [2.05, 4.69) is 33.4 Å². The summed E-state index contributed by atoms with van der Waals surface area (Å²) in [6, 6.07) is 8.14. The van der Waals surface area contributed by atoms with Crippen molar-refractivity contribution in [3.63, 3.8) is 0 Å². The Balaban J connectivity index is 0.00000220. The van der Waals surface area contributed by atoms with Crippen LogP contribution in [0.5, 0.6) is 0 Å². The van der Waals surface area contributed by atoms with Crippen molar-refractivity contribution in [2.75, 3.05) is 26.3 Å². The van der Waals surface area contributed by atoms with Gasteiger partial charge in [-0.15, -0.1) is 12.4 Å². The van der Waals surface area contributed by atoms with Gasteiger partial charge in [0.2, 0.25) is 5.91 Å². The van der Waals surface area contributed by atoms with Gasteiger partial charge in [0.25, 0.3) is 0 Å². The monoisotopic (exact) mass is 376 g/mol. The number of hydrogen-bond donors (Lipinski definition) is 2. The summed E-state index contributed by atoms with van der Waals surface area (Å²) < 4.78 is 6.39. The second kappa shape index (κ2) is 8.73. The first-order valence-electron chi connectivity index (χ1n) is 6.97. The van der Waals surface area contributed by atoms with Gasteiger partial charge in [-0.2, -0.15) is 0 Å². The highest BCUT2D eigenvalue weighted by molar-refractivity contribution is 9.10. The van der Waals surface area contributed by atoms with Gasteiger partial charge in [0.1, 0.15) is 0 Å². The van der Waals surface area contributed by atoms with Crippen LogP contribution in [0.25, 0.3) is 0 Å². The van der Waals surface area contributed by atoms with Gasteiger partial charge in [0.15, 0.2) is 0 Å². The Kier molecular flexibility index (Phi) is 7.66. The molecular weight excluding hydrogens is 356 g/mol. The molecule has 1 aromatic carbocycles. The molecule has 0 bridgehead atoms. The van der Waals surface area contributed by atoms with Crippen molar-refractivity contribution >= 4 is 34.2 Å². The number of halogens is 2. The maximum Gasteiger partial charge on any atom is 0.227 e. The predicted octanol–water partition coefficient (Wildman–Crippen LogP) is 2.29. The van der Waals surface area contributed by atoms with E-state index in [9.17, 15) is 4.79 Å². The lowest BCUT2D eigenvalue weighted by molar-refractivity contribution is -0.135. The van der Waals surface area contributed by atoms with Crippen molar-refractivity contribution in [3.8, 4) is 0 Å². The third-order valence-corrected chi connectivity index (χ3v) is 4.46. The number of nitrogens with two attached hydrogens (primary N) is 1. The van der Waals surface area contributed by atoms with E-state index in [-0.39, 0.29) is 18.3 Å². The summed E-state index contributed by atoms with van der Waals surface area (Å²) >= 11 is 3.41. The van der Waals surface area contributed by atoms with Crippen LogP contribution >= 0.6 is 28.3 Å². The van der Waals surface area contributed by atoms with Crippen LogP contribution in [0.15, 0.2) is 28.7 Å². The zero-order chi connectivity index (χ0) is 14.4. The van der Waals surface area contributed by atoms with E-state index in [1.54, 1.807) is 0 Å². The summed E-state index contributed by atoms with van der Waals surface area (Å²) in [6.45, 7) is 2.28. The number of nitrogens with one attached hydrogen (secondary N) is 1. The molecule has 6 heteroatoms. The highest BCUT2D eigenvalue weighted by Gasteiger charge is 2.38. The van der Waals surface area contributed by atoms with E-state index in [1.807, 2.05) is 12.1 Å². The lowest BCUT2D eigenvalue weighted by Gasteiger charge is -2.34. The topological polar surface area (TPSA) is 64.4 Å². The molecule has 1 saturated heterocycles. The van der Waals surface area contributed by atoms with Gasteiger partial charge in [-0.3, -0.25) is 4.79 Å². The molecule has 21 heavy (non-hydrogen) atoms. The van der Waals surface area contributed by atoms with Crippen LogP contribution in [0.4, 0.5) is 0 Å². The summed E-state index contributed by atoms with van der Waals surface area (Å²) in [4.78, 5) is 12.3. The van der Waals surface area contributed by atoms with Gasteiger partial charge in [-0.05, 0) is 37.0 Å². The number of hydrogen-bond acceptors (Lipinski definition) is 3. The van der Waals surface area contributed by atoms with Gasteiger partial charge < -0.3 is 15.8 Å². The lowest BCUT2D eigenvalue weighted by atomic mass is 9.79. The highest BCUT2D eigenvalue weighted by atomic mass is 79.9. The SMILES string of the molecule is Cl.NCC1(C(=O)NCCc2ccc(Br)cc2)CCOCC1. The normalized spacial score (nSPS) is 16.9. The first kappa shape index (κ1) is 18.4. The molecule has 118 valence electrons. The number of rotatable bonds is 5. The first-order chi connectivity index (χ1) is 9.66. The predicted molar refractivity (Wildman–Crippen MR) is 89.6 cm³/mol. The third kappa shape index (κ3) is 4.95. The maximum absolute atomic E-state index is 12.3. The number of amides is 1. The van der Waals surface area contributed by atoms with Crippen molar-refractivity contribution in [1.82, 2.24) is 5.32 Å². The molecule has 3 N–H and O–H groups in total. The average molecular weight is 378 g/mol. The van der Waals surface area contributed by atoms with Gasteiger partial charge in [0.05, 0.1) is 5.41 Å². The lowest BCUT2D eigenvalue weighted by Crippen LogP contribution is -2.49. The molecule has 1 fully saturated rings. The molecule has 0 spiro atoms. The molecule has 1 aliphatic heterocycles. The Morgan fingerprint density at radius 1 is 1.29 bits per heavy atom. The second-order valence-electron chi connectivity index (χ2n) is 5.23. The van der Waals surface area contributed by atoms with Crippen LogP contribution in [0.2, 0.25) is 0 Å². The Hall–Kier alpha value is -0.620. The Labute approximate surface area is 140 Å². The fraction of sp³-hybridized carbons (Fsp3) is 0.533. The van der Waals surface area contributed by atoms with E-state index in [0.717, 1.165) is 10.9 Å². The average Bonchev–Trinajstić information content (AvgIpc) is 2.50. The summed E-state index contributed by atoms with van der Waals surface area (Å²) in [6.07, 6.45) is 2.26. The van der Waals surface area contributed by atoms with Gasteiger partial charge in [0, 0.05) is 30.8 Å². The zero-order valence-electron chi connectivity index (χ0n) is 11.9. The van der Waals surface area contributed by atoms with Gasteiger partial charge in [-0.1, -0.05) is 28.1 Å². The van der Waals surface area contributed by atoms with Crippen molar-refractivity contribution in [2.45, 2.75) is 19.3 Å². The molecule has 0 aromatic heterocycles. The molecule has 1 amide bonds. The van der Waals surface area contributed by atoms with Crippen LogP contribution in [-0.4, -0.2) is 32.2 Å². The molecule has 1 aliphatic rings. The second-order valence-corrected chi connectivity index (χ2v) is 6.14. The Bertz CT molecular complexity index is 447. The molecule has 0 unspecified atom stereocenters. The molecule has 0 saturated carbocycles. The quantitative estimate of drug-likeness (QED) is 0.827. The summed E-state index contributed by atoms with van der Waals surface area (Å²) in [5.41, 5.74) is 6.59. The minimum Gasteiger partial charge on any atom is -0.381 e. The maximum atomic E-state index is 12.3. The zero-order valence-corrected chi connectivity index (χ0v) is 14.3. The molecule has 1 heterocycles. The van der Waals surface area contributed by atoms with E-state index in [1.165, 1.54) is 5.56 Å². The largest absolute Gasteiger partial charge is 0.381 e. The highest BCUT2D eigenvalue weighted by Crippen LogP contribution is 2.29. The Morgan fingerprint density at radius 3 is 2.48 bits per heavy atom. The van der Waals surface area contributed by atoms with Crippen molar-refractivity contribution in [3.05, 3.63) is 34.3 Å². The van der Waals surface area contributed by atoms with Gasteiger partial charge >= 0.3 is 0 Å². The molecule has 0 atom stereocenters. The molecule has 2 rings (SSSR count). The van der Waals surface area contributed by atoms with Crippen LogP contribution in [0.1, 0.15) is 18.4 Å². The van der Waals surface area contributed by atoms with E-state index >= 15 is 0 Å². The summed E-state index contributed by atoms with van der Waals surface area (Å²) in [7, 11) is 0. The van der Waals surface area contributed by atoms with Crippen molar-refractivity contribution in [2.24, 2.45) is 11.1 Å². The van der Waals surface area contributed by atoms with Crippen molar-refractivity contribution < 1.29 is 9.53 Å². The van der Waals surface area contributed by atoms with Gasteiger partial charge in [-0.25, -0.2) is 0 Å². The van der Waals surface area contributed by atoms with Crippen LogP contribution in [-0.2, 0) is 16.0 Å². The van der Waals surface area contributed by atoms with E-state index in [4.69, 9.17) is 10.5 Å². The molecular formula is C15H22BrClN2O2. The minimum atomic E-state index is -0.433. The summed E-state index contributed by atoms with van der Waals surface area (Å²) in [5.74, 6) is 0.0698. The molecule has 0 aliphatic carbocycles. The van der Waals surface area contributed by atoms with E-state index < -0.39 is 5.41 Å². The fourth-order valence-corrected chi connectivity index (χ4v) is 2.71. The van der Waals surface area contributed by atoms with Crippen molar-refractivity contribution in [1.29, 1.82) is 0 Å². The fourth-order valence-electron chi connectivity index (χ4n) is 2.44. The Morgan fingerprint density at radius 2 is 1.90 bits per heavy atom. The van der Waals surface area contributed by atoms with Crippen LogP contribution in [0.3, 0.4) is 0 Å². The smallest absolute Gasteiger partial charge is 0.227 e. The van der Waals surface area contributed by atoms with E-state index in [0.29, 0.717) is 39.1 Å². The number of carbonyl (C=O) groups excluding carboxylic acids is 1. The molecule has 4 nitrogen and oxygen atoms in total. The number of benzene rings is 1. The minimum absolute atomic E-state index is 0. The molecule has 0 radical (unpaired) electrons. The van der Waals surface area contributed by atoms with Crippen LogP contribution < -0.4 is 11.1 Å². The molecule has 1 aromatic rings. The number of carbonyl (C=O) groups is 1. The first-order valence-corrected chi connectivity index (χ1v) is 7.76. The van der Waals surface area contributed by atoms with Crippen LogP contribution in [0, 0.1) is 5.41 Å². The summed E-state index contributed by atoms with van der Waals surface area (Å²) in [5, 5.41) is 3.02. The standard InChI is InChI=1S/C15H21BrN2O2.ClH/c16-13-3-1-12(2-4-13)5-8-18-14(19)15(11-17)6-9-20-10-7-15;/h1-4H,5-11,17H2,(H,18,19);1H. The third-order valence-electron chi connectivity index (χ3n) is 3.93.